The predicted octanol–water partition coefficient (Wildman–Crippen LogP) is 2.62. The van der Waals surface area contributed by atoms with Crippen LogP contribution in [0.5, 0.6) is 11.5 Å². The summed E-state index contributed by atoms with van der Waals surface area (Å²) < 4.78 is 10.8. The summed E-state index contributed by atoms with van der Waals surface area (Å²) >= 11 is 0. The van der Waals surface area contributed by atoms with Crippen molar-refractivity contribution in [3.8, 4) is 11.5 Å². The second-order valence-corrected chi connectivity index (χ2v) is 6.53. The van der Waals surface area contributed by atoms with Gasteiger partial charge in [-0.15, -0.1) is 24.0 Å². The van der Waals surface area contributed by atoms with Gasteiger partial charge in [0.25, 0.3) is 0 Å². The molecule has 0 radical (unpaired) electrons. The maximum atomic E-state index is 5.43. The van der Waals surface area contributed by atoms with Gasteiger partial charge in [-0.25, -0.2) is 0 Å². The van der Waals surface area contributed by atoms with E-state index < -0.39 is 0 Å². The summed E-state index contributed by atoms with van der Waals surface area (Å²) in [7, 11) is 0. The van der Waals surface area contributed by atoms with Gasteiger partial charge in [0.1, 0.15) is 0 Å². The minimum absolute atomic E-state index is 0. The zero-order valence-corrected chi connectivity index (χ0v) is 18.0. The molecule has 3 rings (SSSR count). The van der Waals surface area contributed by atoms with Crippen LogP contribution in [0, 0.1) is 0 Å². The lowest BCUT2D eigenvalue weighted by atomic mass is 10.1. The van der Waals surface area contributed by atoms with Crippen molar-refractivity contribution >= 4 is 29.9 Å². The van der Waals surface area contributed by atoms with Crippen LogP contribution in [0.4, 0.5) is 0 Å². The van der Waals surface area contributed by atoms with Crippen LogP contribution in [0.1, 0.15) is 31.7 Å². The number of nitrogens with zero attached hydrogens (tertiary/aromatic N) is 2. The molecule has 2 aliphatic rings. The Labute approximate surface area is 173 Å². The SMILES string of the molecule is CCNC(=NCCN1CCCCC1)NCCc1ccc2c(c1)OCO2.I. The van der Waals surface area contributed by atoms with E-state index in [1.165, 1.54) is 37.9 Å². The molecular weight excluding hydrogens is 443 g/mol. The molecule has 7 heteroatoms. The summed E-state index contributed by atoms with van der Waals surface area (Å²) in [4.78, 5) is 7.22. The van der Waals surface area contributed by atoms with Crippen molar-refractivity contribution in [2.75, 3.05) is 46.1 Å². The first kappa shape index (κ1) is 21.1. The number of piperidine rings is 1. The standard InChI is InChI=1S/C19H30N4O2.HI/c1-2-20-19(22-10-13-23-11-4-3-5-12-23)21-9-8-16-6-7-17-18(14-16)25-15-24-17;/h6-7,14H,2-5,8-13,15H2,1H3,(H2,20,21,22);1H. The maximum absolute atomic E-state index is 5.43. The van der Waals surface area contributed by atoms with Crippen LogP contribution in [0.15, 0.2) is 23.2 Å². The fraction of sp³-hybridized carbons (Fsp3) is 0.632. The monoisotopic (exact) mass is 474 g/mol. The van der Waals surface area contributed by atoms with Gasteiger partial charge < -0.3 is 25.0 Å². The van der Waals surface area contributed by atoms with Crippen LogP contribution in [0.3, 0.4) is 0 Å². The highest BCUT2D eigenvalue weighted by Gasteiger charge is 2.13. The fourth-order valence-corrected chi connectivity index (χ4v) is 3.25. The van der Waals surface area contributed by atoms with Gasteiger partial charge in [0.2, 0.25) is 6.79 Å². The summed E-state index contributed by atoms with van der Waals surface area (Å²) in [6.07, 6.45) is 4.96. The van der Waals surface area contributed by atoms with E-state index in [1.807, 2.05) is 6.07 Å². The Morgan fingerprint density at radius 1 is 1.12 bits per heavy atom. The quantitative estimate of drug-likeness (QED) is 0.362. The van der Waals surface area contributed by atoms with Crippen LogP contribution in [0.25, 0.3) is 0 Å². The minimum Gasteiger partial charge on any atom is -0.454 e. The zero-order chi connectivity index (χ0) is 17.3. The first-order valence-corrected chi connectivity index (χ1v) is 9.48. The lowest BCUT2D eigenvalue weighted by Crippen LogP contribution is -2.39. The Balaban J connectivity index is 0.00000243. The molecule has 0 saturated carbocycles. The van der Waals surface area contributed by atoms with E-state index in [2.05, 4.69) is 34.6 Å². The van der Waals surface area contributed by atoms with Crippen molar-refractivity contribution in [2.45, 2.75) is 32.6 Å². The molecule has 0 unspecified atom stereocenters. The number of halogens is 1. The molecule has 2 N–H and O–H groups in total. The number of fused-ring (bicyclic) bond motifs is 1. The molecule has 0 spiro atoms. The normalized spacial score (nSPS) is 16.9. The molecule has 146 valence electrons. The number of guanidine groups is 1. The maximum Gasteiger partial charge on any atom is 0.231 e. The van der Waals surface area contributed by atoms with Gasteiger partial charge in [0, 0.05) is 19.6 Å². The Morgan fingerprint density at radius 3 is 2.73 bits per heavy atom. The predicted molar refractivity (Wildman–Crippen MR) is 116 cm³/mol. The van der Waals surface area contributed by atoms with E-state index >= 15 is 0 Å². The Kier molecular flexibility index (Phi) is 9.31. The summed E-state index contributed by atoms with van der Waals surface area (Å²) in [5.74, 6) is 2.59. The fourth-order valence-electron chi connectivity index (χ4n) is 3.25. The molecule has 0 atom stereocenters. The number of benzene rings is 1. The summed E-state index contributed by atoms with van der Waals surface area (Å²) in [6, 6.07) is 6.13. The number of hydrogen-bond donors (Lipinski definition) is 2. The minimum atomic E-state index is 0. The highest BCUT2D eigenvalue weighted by atomic mass is 127. The molecule has 1 aromatic carbocycles. The average molecular weight is 474 g/mol. The molecule has 1 aromatic rings. The third-order valence-electron chi connectivity index (χ3n) is 4.62. The number of ether oxygens (including phenoxy) is 2. The van der Waals surface area contributed by atoms with E-state index in [1.54, 1.807) is 0 Å². The summed E-state index contributed by atoms with van der Waals surface area (Å²) in [5.41, 5.74) is 1.24. The molecule has 1 saturated heterocycles. The van der Waals surface area contributed by atoms with Crippen LogP contribution < -0.4 is 20.1 Å². The van der Waals surface area contributed by atoms with Crippen molar-refractivity contribution < 1.29 is 9.47 Å². The van der Waals surface area contributed by atoms with E-state index in [0.717, 1.165) is 50.1 Å². The number of rotatable bonds is 7. The second-order valence-electron chi connectivity index (χ2n) is 6.53. The largest absolute Gasteiger partial charge is 0.454 e. The molecule has 2 heterocycles. The Morgan fingerprint density at radius 2 is 1.92 bits per heavy atom. The molecule has 0 amide bonds. The van der Waals surface area contributed by atoms with Gasteiger partial charge >= 0.3 is 0 Å². The molecule has 2 aliphatic heterocycles. The number of aliphatic imine (C=N–C) groups is 1. The van der Waals surface area contributed by atoms with Gasteiger partial charge in [0.05, 0.1) is 6.54 Å². The third kappa shape index (κ3) is 6.50. The molecule has 0 aliphatic carbocycles. The van der Waals surface area contributed by atoms with Crippen molar-refractivity contribution in [3.05, 3.63) is 23.8 Å². The van der Waals surface area contributed by atoms with Crippen molar-refractivity contribution in [2.24, 2.45) is 4.99 Å². The molecule has 0 bridgehead atoms. The lowest BCUT2D eigenvalue weighted by Gasteiger charge is -2.25. The molecule has 1 fully saturated rings. The smallest absolute Gasteiger partial charge is 0.231 e. The highest BCUT2D eigenvalue weighted by Crippen LogP contribution is 2.32. The number of hydrogen-bond acceptors (Lipinski definition) is 4. The summed E-state index contributed by atoms with van der Waals surface area (Å²) in [6.45, 7) is 8.49. The van der Waals surface area contributed by atoms with Crippen LogP contribution in [-0.2, 0) is 6.42 Å². The van der Waals surface area contributed by atoms with E-state index in [9.17, 15) is 0 Å². The summed E-state index contributed by atoms with van der Waals surface area (Å²) in [5, 5.41) is 6.75. The third-order valence-corrected chi connectivity index (χ3v) is 4.62. The van der Waals surface area contributed by atoms with Crippen molar-refractivity contribution in [3.63, 3.8) is 0 Å². The van der Waals surface area contributed by atoms with Gasteiger partial charge in [-0.2, -0.15) is 0 Å². The Hall–Kier alpha value is -1.22. The van der Waals surface area contributed by atoms with Crippen LogP contribution in [-0.4, -0.2) is 56.9 Å². The Bertz CT molecular complexity index is 577. The van der Waals surface area contributed by atoms with E-state index in [0.29, 0.717) is 6.79 Å². The van der Waals surface area contributed by atoms with Crippen molar-refractivity contribution in [1.82, 2.24) is 15.5 Å². The second kappa shape index (κ2) is 11.5. The van der Waals surface area contributed by atoms with Crippen LogP contribution in [0.2, 0.25) is 0 Å². The van der Waals surface area contributed by atoms with E-state index in [4.69, 9.17) is 14.5 Å². The first-order chi connectivity index (χ1) is 12.3. The van der Waals surface area contributed by atoms with Gasteiger partial charge in [0.15, 0.2) is 17.5 Å². The first-order valence-electron chi connectivity index (χ1n) is 9.48. The highest BCUT2D eigenvalue weighted by molar-refractivity contribution is 14.0. The molecule has 26 heavy (non-hydrogen) atoms. The number of likely N-dealkylation sites (tertiary alicyclic amines) is 1. The molecule has 0 aromatic heterocycles. The average Bonchev–Trinajstić information content (AvgIpc) is 3.10. The van der Waals surface area contributed by atoms with Gasteiger partial charge in [-0.3, -0.25) is 4.99 Å². The van der Waals surface area contributed by atoms with Crippen molar-refractivity contribution in [1.29, 1.82) is 0 Å². The molecular formula is C19H31IN4O2. The molecule has 6 nitrogen and oxygen atoms in total. The van der Waals surface area contributed by atoms with Gasteiger partial charge in [-0.1, -0.05) is 12.5 Å². The van der Waals surface area contributed by atoms with Crippen LogP contribution >= 0.6 is 24.0 Å². The van der Waals surface area contributed by atoms with Gasteiger partial charge in [-0.05, 0) is 57.0 Å². The lowest BCUT2D eigenvalue weighted by molar-refractivity contribution is 0.174. The topological polar surface area (TPSA) is 58.1 Å². The number of nitrogens with one attached hydrogen (secondary N) is 2. The van der Waals surface area contributed by atoms with E-state index in [-0.39, 0.29) is 24.0 Å². The zero-order valence-electron chi connectivity index (χ0n) is 15.6.